The highest BCUT2D eigenvalue weighted by Gasteiger charge is 2.22. The van der Waals surface area contributed by atoms with E-state index in [1.165, 1.54) is 43.1 Å². The Morgan fingerprint density at radius 2 is 0.586 bits per heavy atom. The van der Waals surface area contributed by atoms with Crippen LogP contribution < -0.4 is 0 Å². The minimum Gasteiger partial charge on any atom is -0.134 e. The van der Waals surface area contributed by atoms with Crippen molar-refractivity contribution in [2.24, 2.45) is 0 Å². The first-order valence-electron chi connectivity index (χ1n) is 9.80. The van der Waals surface area contributed by atoms with E-state index >= 15 is 0 Å². The zero-order valence-corrected chi connectivity index (χ0v) is 16.8. The maximum atomic E-state index is 2.22. The fraction of sp³-hybridized carbons (Fsp3) is 0. The van der Waals surface area contributed by atoms with E-state index in [1.54, 1.807) is 0 Å². The SMILES string of the molecule is c1ccc(-c2sc(-c3ccccc3)c(-c3ccccc3)c2-c2ccccc2)cc1. The number of hydrogen-bond donors (Lipinski definition) is 0. The Morgan fingerprint density at radius 3 is 0.897 bits per heavy atom. The summed E-state index contributed by atoms with van der Waals surface area (Å²) in [6.45, 7) is 0. The van der Waals surface area contributed by atoms with Gasteiger partial charge in [-0.25, -0.2) is 0 Å². The van der Waals surface area contributed by atoms with Crippen molar-refractivity contribution >= 4 is 11.3 Å². The summed E-state index contributed by atoms with van der Waals surface area (Å²) in [6.07, 6.45) is 0. The van der Waals surface area contributed by atoms with Gasteiger partial charge >= 0.3 is 0 Å². The summed E-state index contributed by atoms with van der Waals surface area (Å²) in [6, 6.07) is 43.0. The third-order valence-electron chi connectivity index (χ3n) is 5.11. The van der Waals surface area contributed by atoms with Crippen molar-refractivity contribution in [1.29, 1.82) is 0 Å². The Labute approximate surface area is 175 Å². The van der Waals surface area contributed by atoms with Crippen LogP contribution in [0, 0.1) is 0 Å². The third kappa shape index (κ3) is 3.41. The molecule has 1 heteroatoms. The van der Waals surface area contributed by atoms with Crippen LogP contribution in [-0.2, 0) is 0 Å². The molecule has 0 spiro atoms. The van der Waals surface area contributed by atoms with Crippen LogP contribution in [0.4, 0.5) is 0 Å². The Morgan fingerprint density at radius 1 is 0.310 bits per heavy atom. The summed E-state index contributed by atoms with van der Waals surface area (Å²) < 4.78 is 0. The van der Waals surface area contributed by atoms with E-state index in [1.807, 2.05) is 11.3 Å². The van der Waals surface area contributed by atoms with Gasteiger partial charge in [-0.1, -0.05) is 121 Å². The molecule has 5 rings (SSSR count). The van der Waals surface area contributed by atoms with Gasteiger partial charge in [-0.3, -0.25) is 0 Å². The van der Waals surface area contributed by atoms with Crippen LogP contribution in [-0.4, -0.2) is 0 Å². The quantitative estimate of drug-likeness (QED) is 0.290. The summed E-state index contributed by atoms with van der Waals surface area (Å²) >= 11 is 1.88. The predicted molar refractivity (Wildman–Crippen MR) is 126 cm³/mol. The number of rotatable bonds is 4. The molecule has 0 fully saturated rings. The van der Waals surface area contributed by atoms with E-state index in [0.29, 0.717) is 0 Å². The lowest BCUT2D eigenvalue weighted by molar-refractivity contribution is 1.61. The highest BCUT2D eigenvalue weighted by Crippen LogP contribution is 2.51. The molecule has 1 heterocycles. The van der Waals surface area contributed by atoms with Crippen molar-refractivity contribution < 1.29 is 0 Å². The average molecular weight is 389 g/mol. The van der Waals surface area contributed by atoms with Crippen LogP contribution >= 0.6 is 11.3 Å². The van der Waals surface area contributed by atoms with Crippen LogP contribution in [0.25, 0.3) is 43.1 Å². The zero-order valence-electron chi connectivity index (χ0n) is 16.0. The molecule has 0 nitrogen and oxygen atoms in total. The number of hydrogen-bond acceptors (Lipinski definition) is 1. The molecular weight excluding hydrogens is 368 g/mol. The first-order valence-corrected chi connectivity index (χ1v) is 10.6. The molecule has 0 N–H and O–H groups in total. The van der Waals surface area contributed by atoms with Crippen LogP contribution in [0.2, 0.25) is 0 Å². The third-order valence-corrected chi connectivity index (χ3v) is 6.39. The maximum absolute atomic E-state index is 2.22. The number of benzene rings is 4. The molecule has 0 aliphatic rings. The molecule has 138 valence electrons. The van der Waals surface area contributed by atoms with E-state index in [-0.39, 0.29) is 0 Å². The minimum atomic E-state index is 1.25. The molecule has 0 atom stereocenters. The highest BCUT2D eigenvalue weighted by molar-refractivity contribution is 7.20. The molecule has 4 aromatic carbocycles. The van der Waals surface area contributed by atoms with E-state index in [9.17, 15) is 0 Å². The van der Waals surface area contributed by atoms with Crippen molar-refractivity contribution in [1.82, 2.24) is 0 Å². The fourth-order valence-electron chi connectivity index (χ4n) is 3.78. The zero-order chi connectivity index (χ0) is 19.5. The van der Waals surface area contributed by atoms with Gasteiger partial charge in [0.2, 0.25) is 0 Å². The summed E-state index contributed by atoms with van der Waals surface area (Å²) in [4.78, 5) is 2.63. The molecular formula is C28H20S. The minimum absolute atomic E-state index is 1.25. The van der Waals surface area contributed by atoms with Gasteiger partial charge in [0.25, 0.3) is 0 Å². The smallest absolute Gasteiger partial charge is 0.0434 e. The lowest BCUT2D eigenvalue weighted by Gasteiger charge is -2.10. The topological polar surface area (TPSA) is 0 Å². The summed E-state index contributed by atoms with van der Waals surface area (Å²) in [5.74, 6) is 0. The monoisotopic (exact) mass is 388 g/mol. The molecule has 0 aliphatic heterocycles. The molecule has 0 bridgehead atoms. The first kappa shape index (κ1) is 17.7. The fourth-order valence-corrected chi connectivity index (χ4v) is 5.13. The lowest BCUT2D eigenvalue weighted by Crippen LogP contribution is -1.85. The molecule has 0 radical (unpaired) electrons. The molecule has 0 saturated heterocycles. The Balaban J connectivity index is 1.89. The van der Waals surface area contributed by atoms with Crippen molar-refractivity contribution in [2.45, 2.75) is 0 Å². The predicted octanol–water partition coefficient (Wildman–Crippen LogP) is 8.42. The summed E-state index contributed by atoms with van der Waals surface area (Å²) in [7, 11) is 0. The van der Waals surface area contributed by atoms with Gasteiger partial charge in [0.1, 0.15) is 0 Å². The Hall–Kier alpha value is -3.42. The lowest BCUT2D eigenvalue weighted by atomic mass is 9.91. The second-order valence-electron chi connectivity index (χ2n) is 6.97. The van der Waals surface area contributed by atoms with E-state index < -0.39 is 0 Å². The van der Waals surface area contributed by atoms with Crippen molar-refractivity contribution in [3.05, 3.63) is 121 Å². The Bertz CT molecular complexity index is 1110. The molecule has 0 saturated carbocycles. The average Bonchev–Trinajstić information content (AvgIpc) is 3.22. The van der Waals surface area contributed by atoms with Crippen molar-refractivity contribution in [3.63, 3.8) is 0 Å². The van der Waals surface area contributed by atoms with Gasteiger partial charge in [0.05, 0.1) is 0 Å². The van der Waals surface area contributed by atoms with E-state index in [2.05, 4.69) is 121 Å². The van der Waals surface area contributed by atoms with E-state index in [4.69, 9.17) is 0 Å². The molecule has 5 aromatic rings. The summed E-state index contributed by atoms with van der Waals surface area (Å²) in [5, 5.41) is 0. The van der Waals surface area contributed by atoms with Crippen LogP contribution in [0.5, 0.6) is 0 Å². The van der Waals surface area contributed by atoms with Gasteiger partial charge in [-0.15, -0.1) is 11.3 Å². The van der Waals surface area contributed by atoms with E-state index in [0.717, 1.165) is 0 Å². The first-order chi connectivity index (χ1) is 14.4. The van der Waals surface area contributed by atoms with Gasteiger partial charge in [-0.2, -0.15) is 0 Å². The van der Waals surface area contributed by atoms with Gasteiger partial charge in [0, 0.05) is 20.9 Å². The largest absolute Gasteiger partial charge is 0.134 e. The van der Waals surface area contributed by atoms with Gasteiger partial charge in [-0.05, 0) is 22.3 Å². The molecule has 0 amide bonds. The second kappa shape index (κ2) is 7.90. The van der Waals surface area contributed by atoms with Crippen molar-refractivity contribution in [3.8, 4) is 43.1 Å². The second-order valence-corrected chi connectivity index (χ2v) is 8.00. The van der Waals surface area contributed by atoms with Crippen molar-refractivity contribution in [2.75, 3.05) is 0 Å². The molecule has 29 heavy (non-hydrogen) atoms. The normalized spacial score (nSPS) is 10.8. The molecule has 1 aromatic heterocycles. The molecule has 0 unspecified atom stereocenters. The van der Waals surface area contributed by atoms with Crippen LogP contribution in [0.1, 0.15) is 0 Å². The standard InChI is InChI=1S/C28H20S/c1-5-13-21(14-6-1)25-26(22-15-7-2-8-16-22)28(24-19-11-4-12-20-24)29-27(25)23-17-9-3-10-18-23/h1-20H. The Kier molecular flexibility index (Phi) is 4.81. The molecule has 0 aliphatic carbocycles. The van der Waals surface area contributed by atoms with Gasteiger partial charge in [0.15, 0.2) is 0 Å². The van der Waals surface area contributed by atoms with Gasteiger partial charge < -0.3 is 0 Å². The van der Waals surface area contributed by atoms with Crippen LogP contribution in [0.15, 0.2) is 121 Å². The summed E-state index contributed by atoms with van der Waals surface area (Å²) in [5.41, 5.74) is 7.65. The van der Waals surface area contributed by atoms with Crippen LogP contribution in [0.3, 0.4) is 0 Å². The highest BCUT2D eigenvalue weighted by atomic mass is 32.1. The number of thiophene rings is 1. The maximum Gasteiger partial charge on any atom is 0.0434 e.